The Hall–Kier alpha value is -1.18. The second-order valence-electron chi connectivity index (χ2n) is 8.70. The standard InChI is InChI=1S/C21H28O2/c1-3-14-5-7-19-17-6-4-15-12-16(23)8-10-20(15,2)18(17)9-11-21(14,19)13-22/h3,5,13,15,17-19H,1,4,6-12H2,2H3/t15?,17-,18+,19+,20+,21+/m1/s1. The predicted octanol–water partition coefficient (Wildman–Crippen LogP) is 4.50. The highest BCUT2D eigenvalue weighted by Crippen LogP contribution is 2.65. The maximum Gasteiger partial charge on any atom is 0.133 e. The minimum absolute atomic E-state index is 0.253. The summed E-state index contributed by atoms with van der Waals surface area (Å²) < 4.78 is 0. The van der Waals surface area contributed by atoms with E-state index in [-0.39, 0.29) is 5.41 Å². The fourth-order valence-corrected chi connectivity index (χ4v) is 6.89. The zero-order valence-electron chi connectivity index (χ0n) is 14.2. The van der Waals surface area contributed by atoms with E-state index in [0.717, 1.165) is 38.5 Å². The molecule has 2 nitrogen and oxygen atoms in total. The van der Waals surface area contributed by atoms with Crippen molar-refractivity contribution in [2.75, 3.05) is 0 Å². The third kappa shape index (κ3) is 1.93. The van der Waals surface area contributed by atoms with Crippen LogP contribution in [0.2, 0.25) is 0 Å². The first-order valence-electron chi connectivity index (χ1n) is 9.36. The van der Waals surface area contributed by atoms with Gasteiger partial charge in [-0.3, -0.25) is 4.79 Å². The molecule has 0 N–H and O–H groups in total. The van der Waals surface area contributed by atoms with Crippen molar-refractivity contribution in [2.24, 2.45) is 34.5 Å². The molecule has 4 rings (SSSR count). The number of carbonyl (C=O) groups excluding carboxylic acids is 2. The van der Waals surface area contributed by atoms with Gasteiger partial charge >= 0.3 is 0 Å². The molecule has 1 unspecified atom stereocenters. The van der Waals surface area contributed by atoms with Crippen molar-refractivity contribution >= 4 is 12.1 Å². The van der Waals surface area contributed by atoms with E-state index in [1.54, 1.807) is 0 Å². The first-order valence-corrected chi connectivity index (χ1v) is 9.36. The Labute approximate surface area is 139 Å². The molecule has 3 saturated carbocycles. The molecule has 0 spiro atoms. The molecule has 0 aromatic carbocycles. The quantitative estimate of drug-likeness (QED) is 0.704. The molecule has 0 heterocycles. The molecule has 0 aromatic rings. The molecule has 23 heavy (non-hydrogen) atoms. The summed E-state index contributed by atoms with van der Waals surface area (Å²) in [4.78, 5) is 24.0. The summed E-state index contributed by atoms with van der Waals surface area (Å²) in [5.74, 6) is 2.88. The van der Waals surface area contributed by atoms with Crippen molar-refractivity contribution in [3.63, 3.8) is 0 Å². The van der Waals surface area contributed by atoms with Crippen LogP contribution in [0.3, 0.4) is 0 Å². The van der Waals surface area contributed by atoms with Crippen molar-refractivity contribution in [3.05, 3.63) is 24.3 Å². The largest absolute Gasteiger partial charge is 0.302 e. The van der Waals surface area contributed by atoms with E-state index in [1.807, 2.05) is 6.08 Å². The third-order valence-corrected chi connectivity index (χ3v) is 8.17. The summed E-state index contributed by atoms with van der Waals surface area (Å²) in [6.45, 7) is 6.40. The molecule has 3 fully saturated rings. The molecule has 6 atom stereocenters. The Balaban J connectivity index is 1.67. The van der Waals surface area contributed by atoms with Gasteiger partial charge in [0.15, 0.2) is 0 Å². The minimum atomic E-state index is -0.253. The van der Waals surface area contributed by atoms with Gasteiger partial charge in [0.25, 0.3) is 0 Å². The van der Waals surface area contributed by atoms with Gasteiger partial charge in [0.2, 0.25) is 0 Å². The fraction of sp³-hybridized carbons (Fsp3) is 0.714. The lowest BCUT2D eigenvalue weighted by molar-refractivity contribution is -0.141. The molecule has 0 amide bonds. The lowest BCUT2D eigenvalue weighted by Crippen LogP contribution is -2.54. The molecule has 0 aliphatic heterocycles. The van der Waals surface area contributed by atoms with Crippen molar-refractivity contribution in [3.8, 4) is 0 Å². The molecule has 124 valence electrons. The Morgan fingerprint density at radius 2 is 2.04 bits per heavy atom. The molecule has 4 aliphatic rings. The van der Waals surface area contributed by atoms with E-state index < -0.39 is 0 Å². The van der Waals surface area contributed by atoms with Crippen molar-refractivity contribution in [2.45, 2.75) is 58.3 Å². The van der Waals surface area contributed by atoms with Gasteiger partial charge in [0.05, 0.1) is 5.41 Å². The van der Waals surface area contributed by atoms with E-state index in [4.69, 9.17) is 0 Å². The highest BCUT2D eigenvalue weighted by atomic mass is 16.1. The van der Waals surface area contributed by atoms with Crippen LogP contribution in [-0.2, 0) is 9.59 Å². The van der Waals surface area contributed by atoms with Crippen molar-refractivity contribution in [1.82, 2.24) is 0 Å². The zero-order chi connectivity index (χ0) is 16.2. The molecule has 0 saturated heterocycles. The van der Waals surface area contributed by atoms with Crippen molar-refractivity contribution in [1.29, 1.82) is 0 Å². The highest BCUT2D eigenvalue weighted by Gasteiger charge is 2.59. The van der Waals surface area contributed by atoms with Gasteiger partial charge in [0, 0.05) is 12.8 Å². The van der Waals surface area contributed by atoms with Crippen LogP contribution in [0.5, 0.6) is 0 Å². The normalized spacial score (nSPS) is 48.7. The zero-order valence-corrected chi connectivity index (χ0v) is 14.2. The fourth-order valence-electron chi connectivity index (χ4n) is 6.89. The van der Waals surface area contributed by atoms with Gasteiger partial charge in [-0.25, -0.2) is 0 Å². The average molecular weight is 312 g/mol. The second kappa shape index (κ2) is 5.16. The van der Waals surface area contributed by atoms with Gasteiger partial charge in [-0.2, -0.15) is 0 Å². The number of hydrogen-bond acceptors (Lipinski definition) is 2. The predicted molar refractivity (Wildman–Crippen MR) is 90.8 cm³/mol. The number of rotatable bonds is 2. The summed E-state index contributed by atoms with van der Waals surface area (Å²) in [6.07, 6.45) is 13.6. The Bertz CT molecular complexity index is 589. The van der Waals surface area contributed by atoms with Gasteiger partial charge in [-0.1, -0.05) is 25.7 Å². The summed E-state index contributed by atoms with van der Waals surface area (Å²) in [5, 5.41) is 0. The molecular weight excluding hydrogens is 284 g/mol. The first kappa shape index (κ1) is 15.4. The van der Waals surface area contributed by atoms with Crippen LogP contribution in [0.1, 0.15) is 58.3 Å². The maximum atomic E-state index is 12.1. The SMILES string of the molecule is C=CC1=CC[C@H]2[C@@H]3CCC4CC(=O)CC[C@]4(C)[C@H]3CC[C@]12C=O. The summed E-state index contributed by atoms with van der Waals surface area (Å²) in [5.41, 5.74) is 1.25. The maximum absolute atomic E-state index is 12.1. The third-order valence-electron chi connectivity index (χ3n) is 8.17. The lowest BCUT2D eigenvalue weighted by Gasteiger charge is -2.59. The van der Waals surface area contributed by atoms with E-state index in [2.05, 4.69) is 19.6 Å². The van der Waals surface area contributed by atoms with Crippen LogP contribution in [0.25, 0.3) is 0 Å². The highest BCUT2D eigenvalue weighted by molar-refractivity contribution is 5.79. The summed E-state index contributed by atoms with van der Waals surface area (Å²) in [6, 6.07) is 0. The smallest absolute Gasteiger partial charge is 0.133 e. The number of allylic oxidation sites excluding steroid dienone is 3. The van der Waals surface area contributed by atoms with Crippen LogP contribution < -0.4 is 0 Å². The molecule has 2 heteroatoms. The molecule has 0 radical (unpaired) electrons. The molecular formula is C21H28O2. The van der Waals surface area contributed by atoms with Crippen LogP contribution in [0.15, 0.2) is 24.3 Å². The lowest BCUT2D eigenvalue weighted by atomic mass is 9.44. The van der Waals surface area contributed by atoms with Gasteiger partial charge in [0.1, 0.15) is 12.1 Å². The molecule has 0 aromatic heterocycles. The number of fused-ring (bicyclic) bond motifs is 5. The van der Waals surface area contributed by atoms with Crippen LogP contribution in [0.4, 0.5) is 0 Å². The van der Waals surface area contributed by atoms with E-state index >= 15 is 0 Å². The number of Topliss-reactive ketones (excluding diaryl/α,β-unsaturated/α-hetero) is 1. The van der Waals surface area contributed by atoms with Crippen LogP contribution in [0, 0.1) is 34.5 Å². The number of hydrogen-bond donors (Lipinski definition) is 0. The Morgan fingerprint density at radius 1 is 1.22 bits per heavy atom. The first-order chi connectivity index (χ1) is 11.0. The van der Waals surface area contributed by atoms with Gasteiger partial charge in [-0.05, 0) is 73.2 Å². The average Bonchev–Trinajstić information content (AvgIpc) is 2.94. The number of ketones is 1. The Morgan fingerprint density at radius 3 is 2.78 bits per heavy atom. The number of aldehydes is 1. The monoisotopic (exact) mass is 312 g/mol. The van der Waals surface area contributed by atoms with E-state index in [1.165, 1.54) is 24.7 Å². The molecule has 0 bridgehead atoms. The second-order valence-corrected chi connectivity index (χ2v) is 8.70. The molecule has 4 aliphatic carbocycles. The van der Waals surface area contributed by atoms with Gasteiger partial charge in [-0.15, -0.1) is 0 Å². The Kier molecular flexibility index (Phi) is 3.44. The van der Waals surface area contributed by atoms with Crippen LogP contribution in [-0.4, -0.2) is 12.1 Å². The summed E-state index contributed by atoms with van der Waals surface area (Å²) in [7, 11) is 0. The van der Waals surface area contributed by atoms with Crippen molar-refractivity contribution < 1.29 is 9.59 Å². The topological polar surface area (TPSA) is 34.1 Å². The van der Waals surface area contributed by atoms with E-state index in [0.29, 0.717) is 34.9 Å². The van der Waals surface area contributed by atoms with Gasteiger partial charge < -0.3 is 4.79 Å². The number of carbonyl (C=O) groups is 2. The minimum Gasteiger partial charge on any atom is -0.302 e. The van der Waals surface area contributed by atoms with Crippen LogP contribution >= 0.6 is 0 Å². The summed E-state index contributed by atoms with van der Waals surface area (Å²) >= 11 is 0. The van der Waals surface area contributed by atoms with E-state index in [9.17, 15) is 9.59 Å².